The number of nitrogens with two attached hydrogens (primary N) is 1. The molecule has 2 nitrogen and oxygen atoms in total. The molecule has 0 radical (unpaired) electrons. The van der Waals surface area contributed by atoms with Crippen molar-refractivity contribution in [2.24, 2.45) is 11.7 Å². The molecule has 108 valence electrons. The second kappa shape index (κ2) is 6.49. The molecule has 1 rings (SSSR count). The van der Waals surface area contributed by atoms with Gasteiger partial charge in [0.25, 0.3) is 0 Å². The van der Waals surface area contributed by atoms with Crippen molar-refractivity contribution in [2.45, 2.75) is 45.7 Å². The van der Waals surface area contributed by atoms with Crippen molar-refractivity contribution in [1.82, 2.24) is 4.90 Å². The Hall–Kier alpha value is -0.930. The number of hydrogen-bond acceptors (Lipinski definition) is 2. The van der Waals surface area contributed by atoms with Crippen LogP contribution in [0.25, 0.3) is 0 Å². The van der Waals surface area contributed by atoms with Crippen molar-refractivity contribution in [3.8, 4) is 0 Å². The number of halogens is 1. The van der Waals surface area contributed by atoms with E-state index in [0.717, 1.165) is 5.56 Å². The molecule has 0 aromatic heterocycles. The summed E-state index contributed by atoms with van der Waals surface area (Å²) in [5.41, 5.74) is 6.48. The molecule has 0 bridgehead atoms. The first-order valence-electron chi connectivity index (χ1n) is 6.98. The summed E-state index contributed by atoms with van der Waals surface area (Å²) in [6.45, 7) is 9.20. The van der Waals surface area contributed by atoms with Crippen LogP contribution in [0.2, 0.25) is 0 Å². The summed E-state index contributed by atoms with van der Waals surface area (Å²) in [5, 5.41) is 0. The molecule has 2 atom stereocenters. The Labute approximate surface area is 116 Å². The minimum Gasteiger partial charge on any atom is -0.329 e. The molecule has 1 aromatic rings. The van der Waals surface area contributed by atoms with Crippen LogP contribution in [0.1, 0.15) is 33.3 Å². The average molecular weight is 266 g/mol. The quantitative estimate of drug-likeness (QED) is 0.857. The minimum absolute atomic E-state index is 0.146. The molecule has 0 amide bonds. The van der Waals surface area contributed by atoms with Gasteiger partial charge >= 0.3 is 0 Å². The summed E-state index contributed by atoms with van der Waals surface area (Å²) in [4.78, 5) is 2.28. The van der Waals surface area contributed by atoms with Gasteiger partial charge in [-0.1, -0.05) is 32.0 Å². The summed E-state index contributed by atoms with van der Waals surface area (Å²) < 4.78 is 13.8. The van der Waals surface area contributed by atoms with Crippen molar-refractivity contribution in [1.29, 1.82) is 0 Å². The van der Waals surface area contributed by atoms with Gasteiger partial charge in [0.15, 0.2) is 0 Å². The second-order valence-corrected chi connectivity index (χ2v) is 6.06. The van der Waals surface area contributed by atoms with E-state index in [1.165, 1.54) is 6.07 Å². The fraction of sp³-hybridized carbons (Fsp3) is 0.625. The topological polar surface area (TPSA) is 29.3 Å². The summed E-state index contributed by atoms with van der Waals surface area (Å²) >= 11 is 0. The maximum Gasteiger partial charge on any atom is 0.126 e. The average Bonchev–Trinajstić information content (AvgIpc) is 2.39. The van der Waals surface area contributed by atoms with Crippen LogP contribution < -0.4 is 5.73 Å². The first-order valence-corrected chi connectivity index (χ1v) is 6.98. The Balaban J connectivity index is 2.95. The van der Waals surface area contributed by atoms with Crippen molar-refractivity contribution in [3.05, 3.63) is 35.6 Å². The number of rotatable bonds is 6. The molecule has 2 unspecified atom stereocenters. The molecule has 0 saturated heterocycles. The normalized spacial score (nSPS) is 16.7. The van der Waals surface area contributed by atoms with E-state index in [9.17, 15) is 4.39 Å². The van der Waals surface area contributed by atoms with E-state index >= 15 is 0 Å². The van der Waals surface area contributed by atoms with E-state index in [-0.39, 0.29) is 11.4 Å². The molecule has 0 aliphatic carbocycles. The van der Waals surface area contributed by atoms with E-state index in [0.29, 0.717) is 24.9 Å². The maximum absolute atomic E-state index is 13.8. The van der Waals surface area contributed by atoms with Crippen LogP contribution in [-0.4, -0.2) is 30.1 Å². The fourth-order valence-corrected chi connectivity index (χ4v) is 2.33. The zero-order valence-electron chi connectivity index (χ0n) is 12.8. The van der Waals surface area contributed by atoms with Gasteiger partial charge in [-0.05, 0) is 44.9 Å². The molecule has 19 heavy (non-hydrogen) atoms. The lowest BCUT2D eigenvalue weighted by molar-refractivity contribution is 0.0760. The third-order valence-electron chi connectivity index (χ3n) is 4.40. The van der Waals surface area contributed by atoms with Crippen molar-refractivity contribution >= 4 is 0 Å². The first kappa shape index (κ1) is 16.1. The van der Waals surface area contributed by atoms with Crippen LogP contribution in [0.15, 0.2) is 24.3 Å². The van der Waals surface area contributed by atoms with Gasteiger partial charge in [0, 0.05) is 18.1 Å². The van der Waals surface area contributed by atoms with Crippen LogP contribution in [0.4, 0.5) is 4.39 Å². The van der Waals surface area contributed by atoms with E-state index in [1.807, 2.05) is 12.1 Å². The molecule has 0 aliphatic rings. The zero-order valence-corrected chi connectivity index (χ0v) is 12.8. The number of benzene rings is 1. The lowest BCUT2D eigenvalue weighted by Gasteiger charge is -2.43. The molecule has 2 N–H and O–H groups in total. The third-order valence-corrected chi connectivity index (χ3v) is 4.40. The Bertz CT molecular complexity index is 405. The summed E-state index contributed by atoms with van der Waals surface area (Å²) in [6.07, 6.45) is 0.629. The van der Waals surface area contributed by atoms with Crippen LogP contribution in [0.3, 0.4) is 0 Å². The Morgan fingerprint density at radius 3 is 2.32 bits per heavy atom. The molecule has 0 heterocycles. The van der Waals surface area contributed by atoms with Gasteiger partial charge in [-0.15, -0.1) is 0 Å². The molecule has 0 fully saturated rings. The molecule has 3 heteroatoms. The number of hydrogen-bond donors (Lipinski definition) is 1. The van der Waals surface area contributed by atoms with Gasteiger partial charge in [-0.2, -0.15) is 0 Å². The van der Waals surface area contributed by atoms with Crippen LogP contribution in [0, 0.1) is 11.7 Å². The molecule has 1 aromatic carbocycles. The summed E-state index contributed by atoms with van der Waals surface area (Å²) in [6, 6.07) is 7.36. The first-order chi connectivity index (χ1) is 8.81. The largest absolute Gasteiger partial charge is 0.329 e. The number of nitrogens with zero attached hydrogens (tertiary/aromatic N) is 1. The molecule has 0 saturated carbocycles. The highest BCUT2D eigenvalue weighted by Gasteiger charge is 2.32. The lowest BCUT2D eigenvalue weighted by Crippen LogP contribution is -2.55. The van der Waals surface area contributed by atoms with E-state index in [4.69, 9.17) is 5.73 Å². The summed E-state index contributed by atoms with van der Waals surface area (Å²) in [5.74, 6) is 0.393. The Morgan fingerprint density at radius 2 is 1.84 bits per heavy atom. The molecule has 0 spiro atoms. The summed E-state index contributed by atoms with van der Waals surface area (Å²) in [7, 11) is 2.08. The minimum atomic E-state index is -0.230. The molecular formula is C16H27FN2. The van der Waals surface area contributed by atoms with Crippen LogP contribution in [0.5, 0.6) is 0 Å². The van der Waals surface area contributed by atoms with E-state index in [1.54, 1.807) is 6.07 Å². The van der Waals surface area contributed by atoms with Crippen LogP contribution >= 0.6 is 0 Å². The fourth-order valence-electron chi connectivity index (χ4n) is 2.33. The molecule has 0 aliphatic heterocycles. The third kappa shape index (κ3) is 3.77. The van der Waals surface area contributed by atoms with E-state index < -0.39 is 0 Å². The van der Waals surface area contributed by atoms with Crippen molar-refractivity contribution in [2.75, 3.05) is 13.6 Å². The molecular weight excluding hydrogens is 239 g/mol. The predicted molar refractivity (Wildman–Crippen MR) is 79.6 cm³/mol. The SMILES string of the molecule is CC(C)C(C)N(C)C(C)(CN)Cc1ccccc1F. The highest BCUT2D eigenvalue weighted by molar-refractivity contribution is 5.20. The monoisotopic (exact) mass is 266 g/mol. The van der Waals surface area contributed by atoms with Gasteiger partial charge in [0.2, 0.25) is 0 Å². The second-order valence-electron chi connectivity index (χ2n) is 6.06. The standard InChI is InChI=1S/C16H27FN2/c1-12(2)13(3)19(5)16(4,11-18)10-14-8-6-7-9-15(14)17/h6-9,12-13H,10-11,18H2,1-5H3. The zero-order chi connectivity index (χ0) is 14.6. The highest BCUT2D eigenvalue weighted by atomic mass is 19.1. The smallest absolute Gasteiger partial charge is 0.126 e. The van der Waals surface area contributed by atoms with Crippen LogP contribution in [-0.2, 0) is 6.42 Å². The highest BCUT2D eigenvalue weighted by Crippen LogP contribution is 2.24. The van der Waals surface area contributed by atoms with Gasteiger partial charge in [0.1, 0.15) is 5.82 Å². The Morgan fingerprint density at radius 1 is 1.26 bits per heavy atom. The number of likely N-dealkylation sites (N-methyl/N-ethyl adjacent to an activating group) is 1. The van der Waals surface area contributed by atoms with Crippen molar-refractivity contribution in [3.63, 3.8) is 0 Å². The van der Waals surface area contributed by atoms with Gasteiger partial charge in [-0.25, -0.2) is 4.39 Å². The lowest BCUT2D eigenvalue weighted by atomic mass is 9.88. The van der Waals surface area contributed by atoms with E-state index in [2.05, 4.69) is 39.6 Å². The maximum atomic E-state index is 13.8. The van der Waals surface area contributed by atoms with Gasteiger partial charge < -0.3 is 5.73 Å². The Kier molecular flexibility index (Phi) is 5.50. The van der Waals surface area contributed by atoms with Crippen molar-refractivity contribution < 1.29 is 4.39 Å². The van der Waals surface area contributed by atoms with Gasteiger partial charge in [-0.3, -0.25) is 4.90 Å². The van der Waals surface area contributed by atoms with Gasteiger partial charge in [0.05, 0.1) is 0 Å². The predicted octanol–water partition coefficient (Wildman–Crippen LogP) is 3.06.